The Morgan fingerprint density at radius 3 is 2.53 bits per heavy atom. The number of hydrogen-bond donors (Lipinski definition) is 0. The van der Waals surface area contributed by atoms with Crippen molar-refractivity contribution in [3.8, 4) is 34.6 Å². The first-order chi connectivity index (χ1) is 17.3. The number of benzene rings is 2. The van der Waals surface area contributed by atoms with E-state index in [9.17, 15) is 13.2 Å². The maximum absolute atomic E-state index is 12.4. The fraction of sp³-hybridized carbons (Fsp3) is 0.333. The SMILES string of the molecule is Cc1nc(-c2nc(-c3ccc(OC(F)(F)F)cc3)no2)nn1Cc1cccc(OC2CCOCC2)c1. The van der Waals surface area contributed by atoms with Gasteiger partial charge in [-0.05, 0) is 48.9 Å². The van der Waals surface area contributed by atoms with Crippen molar-refractivity contribution in [1.29, 1.82) is 0 Å². The second-order valence-electron chi connectivity index (χ2n) is 8.21. The zero-order valence-corrected chi connectivity index (χ0v) is 19.2. The molecule has 1 aliphatic heterocycles. The van der Waals surface area contributed by atoms with Gasteiger partial charge in [-0.3, -0.25) is 0 Å². The lowest BCUT2D eigenvalue weighted by Gasteiger charge is -2.23. The largest absolute Gasteiger partial charge is 0.573 e. The Morgan fingerprint density at radius 2 is 1.78 bits per heavy atom. The van der Waals surface area contributed by atoms with Crippen LogP contribution in [0.5, 0.6) is 11.5 Å². The highest BCUT2D eigenvalue weighted by Gasteiger charge is 2.31. The summed E-state index contributed by atoms with van der Waals surface area (Å²) in [5.74, 6) is 1.64. The molecule has 2 aromatic heterocycles. The summed E-state index contributed by atoms with van der Waals surface area (Å²) in [5.41, 5.74) is 1.45. The molecule has 4 aromatic rings. The van der Waals surface area contributed by atoms with Gasteiger partial charge >= 0.3 is 6.36 Å². The number of aryl methyl sites for hydroxylation is 1. The Bertz CT molecular complexity index is 1310. The Morgan fingerprint density at radius 1 is 1.00 bits per heavy atom. The van der Waals surface area contributed by atoms with E-state index < -0.39 is 6.36 Å². The molecule has 0 aliphatic carbocycles. The number of hydrogen-bond acceptors (Lipinski definition) is 8. The maximum atomic E-state index is 12.4. The number of alkyl halides is 3. The quantitative estimate of drug-likeness (QED) is 0.356. The standard InChI is InChI=1S/C24H22F3N5O4/c1-15-28-22(23-29-21(31-36-23)17-5-7-19(8-6-17)35-24(25,26)27)30-32(15)14-16-3-2-4-20(13-16)34-18-9-11-33-12-10-18/h2-8,13,18H,9-12,14H2,1H3. The van der Waals surface area contributed by atoms with Crippen molar-refractivity contribution in [2.75, 3.05) is 13.2 Å². The molecule has 0 spiro atoms. The predicted molar refractivity (Wildman–Crippen MR) is 120 cm³/mol. The highest BCUT2D eigenvalue weighted by atomic mass is 19.4. The van der Waals surface area contributed by atoms with Crippen LogP contribution < -0.4 is 9.47 Å². The molecule has 0 saturated carbocycles. The van der Waals surface area contributed by atoms with Crippen molar-refractivity contribution >= 4 is 0 Å². The second kappa shape index (κ2) is 9.97. The van der Waals surface area contributed by atoms with Crippen molar-refractivity contribution in [2.24, 2.45) is 0 Å². The van der Waals surface area contributed by atoms with Gasteiger partial charge < -0.3 is 18.7 Å². The molecule has 1 aliphatic rings. The van der Waals surface area contributed by atoms with Gasteiger partial charge in [-0.2, -0.15) is 4.98 Å². The second-order valence-corrected chi connectivity index (χ2v) is 8.21. The zero-order chi connectivity index (χ0) is 25.1. The molecule has 3 heterocycles. The third-order valence-corrected chi connectivity index (χ3v) is 5.52. The Hall–Kier alpha value is -3.93. The van der Waals surface area contributed by atoms with Crippen LogP contribution in [0.15, 0.2) is 53.1 Å². The van der Waals surface area contributed by atoms with Gasteiger partial charge in [0.2, 0.25) is 11.6 Å². The van der Waals surface area contributed by atoms with Crippen LogP contribution in [-0.4, -0.2) is 50.6 Å². The lowest BCUT2D eigenvalue weighted by molar-refractivity contribution is -0.274. The van der Waals surface area contributed by atoms with E-state index in [-0.39, 0.29) is 29.4 Å². The molecule has 0 unspecified atom stereocenters. The molecule has 0 atom stereocenters. The van der Waals surface area contributed by atoms with E-state index in [4.69, 9.17) is 14.0 Å². The molecule has 12 heteroatoms. The fourth-order valence-corrected chi connectivity index (χ4v) is 3.77. The molecule has 0 N–H and O–H groups in total. The van der Waals surface area contributed by atoms with Gasteiger partial charge in [0.05, 0.1) is 19.8 Å². The van der Waals surface area contributed by atoms with E-state index in [2.05, 4.69) is 25.0 Å². The summed E-state index contributed by atoms with van der Waals surface area (Å²) in [4.78, 5) is 8.71. The van der Waals surface area contributed by atoms with Crippen LogP contribution in [0.1, 0.15) is 24.2 Å². The molecule has 0 radical (unpaired) electrons. The Labute approximate surface area is 203 Å². The molecule has 0 bridgehead atoms. The van der Waals surface area contributed by atoms with Gasteiger partial charge in [0.25, 0.3) is 5.89 Å². The van der Waals surface area contributed by atoms with Crippen molar-refractivity contribution in [1.82, 2.24) is 24.9 Å². The normalized spacial score (nSPS) is 14.7. The lowest BCUT2D eigenvalue weighted by Crippen LogP contribution is -2.25. The summed E-state index contributed by atoms with van der Waals surface area (Å²) in [6, 6.07) is 13.0. The minimum Gasteiger partial charge on any atom is -0.490 e. The predicted octanol–water partition coefficient (Wildman–Crippen LogP) is 4.81. The summed E-state index contributed by atoms with van der Waals surface area (Å²) in [6.45, 7) is 3.70. The molecular formula is C24H22F3N5O4. The first kappa shape index (κ1) is 23.8. The van der Waals surface area contributed by atoms with Gasteiger partial charge in [-0.1, -0.05) is 17.3 Å². The first-order valence-electron chi connectivity index (χ1n) is 11.3. The monoisotopic (exact) mass is 501 g/mol. The van der Waals surface area contributed by atoms with Crippen molar-refractivity contribution in [3.63, 3.8) is 0 Å². The minimum absolute atomic E-state index is 0.0964. The van der Waals surface area contributed by atoms with E-state index in [0.29, 0.717) is 31.1 Å². The van der Waals surface area contributed by atoms with Gasteiger partial charge in [-0.15, -0.1) is 18.3 Å². The molecule has 0 amide bonds. The first-order valence-corrected chi connectivity index (χ1v) is 11.3. The summed E-state index contributed by atoms with van der Waals surface area (Å²) < 4.78 is 59.4. The van der Waals surface area contributed by atoms with Crippen LogP contribution in [-0.2, 0) is 11.3 Å². The van der Waals surface area contributed by atoms with Crippen LogP contribution in [0, 0.1) is 6.92 Å². The molecule has 1 saturated heterocycles. The van der Waals surface area contributed by atoms with E-state index in [1.165, 1.54) is 24.3 Å². The topological polar surface area (TPSA) is 97.3 Å². The van der Waals surface area contributed by atoms with Gasteiger partial charge in [0, 0.05) is 18.4 Å². The molecule has 1 fully saturated rings. The number of rotatable bonds is 7. The van der Waals surface area contributed by atoms with E-state index in [1.54, 1.807) is 4.68 Å². The average molecular weight is 501 g/mol. The minimum atomic E-state index is -4.76. The fourth-order valence-electron chi connectivity index (χ4n) is 3.77. The highest BCUT2D eigenvalue weighted by molar-refractivity contribution is 5.57. The van der Waals surface area contributed by atoms with Crippen LogP contribution in [0.3, 0.4) is 0 Å². The molecule has 9 nitrogen and oxygen atoms in total. The van der Waals surface area contributed by atoms with Crippen molar-refractivity contribution in [3.05, 3.63) is 59.9 Å². The van der Waals surface area contributed by atoms with Crippen LogP contribution >= 0.6 is 0 Å². The summed E-state index contributed by atoms with van der Waals surface area (Å²) in [5, 5.41) is 8.38. The summed E-state index contributed by atoms with van der Waals surface area (Å²) in [6.07, 6.45) is -2.88. The van der Waals surface area contributed by atoms with Crippen LogP contribution in [0.4, 0.5) is 13.2 Å². The van der Waals surface area contributed by atoms with E-state index >= 15 is 0 Å². The molecule has 2 aromatic carbocycles. The van der Waals surface area contributed by atoms with E-state index in [0.717, 1.165) is 24.2 Å². The van der Waals surface area contributed by atoms with Gasteiger partial charge in [0.15, 0.2) is 0 Å². The van der Waals surface area contributed by atoms with Crippen LogP contribution in [0.25, 0.3) is 23.1 Å². The average Bonchev–Trinajstić information content (AvgIpc) is 3.47. The molecular weight excluding hydrogens is 479 g/mol. The molecule has 188 valence electrons. The van der Waals surface area contributed by atoms with Crippen molar-refractivity contribution < 1.29 is 31.9 Å². The van der Waals surface area contributed by atoms with Crippen LogP contribution in [0.2, 0.25) is 0 Å². The third kappa shape index (κ3) is 5.82. The van der Waals surface area contributed by atoms with Gasteiger partial charge in [-0.25, -0.2) is 9.67 Å². The smallest absolute Gasteiger partial charge is 0.490 e. The zero-order valence-electron chi connectivity index (χ0n) is 19.2. The Balaban J connectivity index is 1.27. The number of nitrogens with zero attached hydrogens (tertiary/aromatic N) is 5. The molecule has 5 rings (SSSR count). The number of ether oxygens (including phenoxy) is 3. The van der Waals surface area contributed by atoms with Gasteiger partial charge in [0.1, 0.15) is 23.4 Å². The number of aromatic nitrogens is 5. The lowest BCUT2D eigenvalue weighted by atomic mass is 10.1. The highest BCUT2D eigenvalue weighted by Crippen LogP contribution is 2.27. The number of halogens is 3. The summed E-state index contributed by atoms with van der Waals surface area (Å²) in [7, 11) is 0. The van der Waals surface area contributed by atoms with E-state index in [1.807, 2.05) is 31.2 Å². The molecule has 36 heavy (non-hydrogen) atoms. The maximum Gasteiger partial charge on any atom is 0.573 e. The summed E-state index contributed by atoms with van der Waals surface area (Å²) >= 11 is 0. The van der Waals surface area contributed by atoms with Crippen molar-refractivity contribution in [2.45, 2.75) is 38.8 Å². The third-order valence-electron chi connectivity index (χ3n) is 5.52. The Kier molecular flexibility index (Phi) is 6.59.